The number of likely N-dealkylation sites (tertiary alicyclic amines) is 1. The highest BCUT2D eigenvalue weighted by molar-refractivity contribution is 14.0. The van der Waals surface area contributed by atoms with Crippen molar-refractivity contribution in [3.05, 3.63) is 0 Å². The lowest BCUT2D eigenvalue weighted by atomic mass is 10.1. The van der Waals surface area contributed by atoms with Gasteiger partial charge in [-0.15, -0.1) is 24.0 Å². The summed E-state index contributed by atoms with van der Waals surface area (Å²) in [4.78, 5) is 6.61. The zero-order valence-corrected chi connectivity index (χ0v) is 14.0. The number of methoxy groups -OCH3 is 2. The zero-order chi connectivity index (χ0) is 12.5. The standard InChI is InChI=1S/C12H25N3O2.HI/c1-13-12(14-6-4-8-16-2)15-7-5-11(9-15)10-17-3;/h11H,4-10H2,1-3H3,(H,13,14);1H. The minimum absolute atomic E-state index is 0. The topological polar surface area (TPSA) is 46.1 Å². The summed E-state index contributed by atoms with van der Waals surface area (Å²) in [5, 5.41) is 3.36. The molecule has 108 valence electrons. The van der Waals surface area contributed by atoms with E-state index in [1.54, 1.807) is 14.2 Å². The first-order valence-electron chi connectivity index (χ1n) is 6.25. The molecule has 0 spiro atoms. The van der Waals surface area contributed by atoms with E-state index < -0.39 is 0 Å². The molecule has 1 unspecified atom stereocenters. The monoisotopic (exact) mass is 371 g/mol. The van der Waals surface area contributed by atoms with Gasteiger partial charge in [0.1, 0.15) is 0 Å². The van der Waals surface area contributed by atoms with E-state index in [1.807, 2.05) is 7.05 Å². The van der Waals surface area contributed by atoms with E-state index in [4.69, 9.17) is 9.47 Å². The highest BCUT2D eigenvalue weighted by Crippen LogP contribution is 2.16. The minimum atomic E-state index is 0. The summed E-state index contributed by atoms with van der Waals surface area (Å²) in [6.07, 6.45) is 2.19. The zero-order valence-electron chi connectivity index (χ0n) is 11.6. The first-order valence-corrected chi connectivity index (χ1v) is 6.25. The molecule has 5 nitrogen and oxygen atoms in total. The van der Waals surface area contributed by atoms with E-state index in [1.165, 1.54) is 6.42 Å². The maximum atomic E-state index is 5.20. The quantitative estimate of drug-likeness (QED) is 0.330. The summed E-state index contributed by atoms with van der Waals surface area (Å²) in [6, 6.07) is 0. The van der Waals surface area contributed by atoms with E-state index in [2.05, 4.69) is 15.2 Å². The molecule has 0 aromatic carbocycles. The lowest BCUT2D eigenvalue weighted by molar-refractivity contribution is 0.157. The third kappa shape index (κ3) is 6.19. The van der Waals surface area contributed by atoms with Gasteiger partial charge in [-0.2, -0.15) is 0 Å². The molecule has 0 amide bonds. The number of rotatable bonds is 6. The second kappa shape index (κ2) is 10.8. The van der Waals surface area contributed by atoms with Gasteiger partial charge in [-0.3, -0.25) is 4.99 Å². The van der Waals surface area contributed by atoms with Crippen molar-refractivity contribution in [3.8, 4) is 0 Å². The highest BCUT2D eigenvalue weighted by atomic mass is 127. The summed E-state index contributed by atoms with van der Waals surface area (Å²) < 4.78 is 10.2. The Morgan fingerprint density at radius 1 is 1.39 bits per heavy atom. The Labute approximate surface area is 127 Å². The molecule has 1 atom stereocenters. The van der Waals surface area contributed by atoms with Gasteiger partial charge in [0, 0.05) is 53.4 Å². The van der Waals surface area contributed by atoms with Gasteiger partial charge >= 0.3 is 0 Å². The number of nitrogens with one attached hydrogen (secondary N) is 1. The van der Waals surface area contributed by atoms with Gasteiger partial charge in [0.25, 0.3) is 0 Å². The van der Waals surface area contributed by atoms with Crippen LogP contribution < -0.4 is 5.32 Å². The van der Waals surface area contributed by atoms with Gasteiger partial charge in [0.2, 0.25) is 0 Å². The predicted octanol–water partition coefficient (Wildman–Crippen LogP) is 1.18. The number of hydrogen-bond donors (Lipinski definition) is 1. The molecule has 1 heterocycles. The van der Waals surface area contributed by atoms with Gasteiger partial charge in [-0.25, -0.2) is 0 Å². The van der Waals surface area contributed by atoms with Crippen LogP contribution in [0.2, 0.25) is 0 Å². The van der Waals surface area contributed by atoms with Crippen molar-refractivity contribution in [2.45, 2.75) is 12.8 Å². The van der Waals surface area contributed by atoms with Crippen molar-refractivity contribution in [1.82, 2.24) is 10.2 Å². The Hall–Kier alpha value is -0.0800. The van der Waals surface area contributed by atoms with Crippen LogP contribution >= 0.6 is 24.0 Å². The van der Waals surface area contributed by atoms with Crippen LogP contribution in [-0.2, 0) is 9.47 Å². The number of hydrogen-bond acceptors (Lipinski definition) is 3. The van der Waals surface area contributed by atoms with Crippen LogP contribution in [0, 0.1) is 5.92 Å². The first kappa shape index (κ1) is 17.9. The summed E-state index contributed by atoms with van der Waals surface area (Å²) in [7, 11) is 5.33. The third-order valence-electron chi connectivity index (χ3n) is 3.01. The molecule has 18 heavy (non-hydrogen) atoms. The molecular weight excluding hydrogens is 345 g/mol. The number of ether oxygens (including phenoxy) is 2. The molecule has 0 radical (unpaired) electrons. The number of nitrogens with zero attached hydrogens (tertiary/aromatic N) is 2. The van der Waals surface area contributed by atoms with Gasteiger partial charge in [0.15, 0.2) is 5.96 Å². The minimum Gasteiger partial charge on any atom is -0.385 e. The fourth-order valence-corrected chi connectivity index (χ4v) is 2.15. The molecule has 0 aromatic heterocycles. The molecular formula is C12H26IN3O2. The van der Waals surface area contributed by atoms with Crippen molar-refractivity contribution in [2.75, 3.05) is 54.1 Å². The molecule has 0 bridgehead atoms. The maximum absolute atomic E-state index is 5.20. The van der Waals surface area contributed by atoms with Crippen LogP contribution in [0.4, 0.5) is 0 Å². The van der Waals surface area contributed by atoms with E-state index in [0.717, 1.165) is 45.2 Å². The normalized spacial score (nSPS) is 19.8. The van der Waals surface area contributed by atoms with Crippen LogP contribution in [0.5, 0.6) is 0 Å². The molecule has 1 aliphatic rings. The Morgan fingerprint density at radius 3 is 2.78 bits per heavy atom. The van der Waals surface area contributed by atoms with Crippen molar-refractivity contribution >= 4 is 29.9 Å². The number of guanidine groups is 1. The molecule has 1 fully saturated rings. The Kier molecular flexibility index (Phi) is 10.8. The molecule has 1 rings (SSSR count). The number of halogens is 1. The third-order valence-corrected chi connectivity index (χ3v) is 3.01. The van der Waals surface area contributed by atoms with Gasteiger partial charge in [0.05, 0.1) is 6.61 Å². The van der Waals surface area contributed by atoms with E-state index in [9.17, 15) is 0 Å². The van der Waals surface area contributed by atoms with Crippen LogP contribution in [0.3, 0.4) is 0 Å². The average molecular weight is 371 g/mol. The molecule has 1 saturated heterocycles. The lowest BCUT2D eigenvalue weighted by Gasteiger charge is -2.21. The number of aliphatic imine (C=N–C) groups is 1. The van der Waals surface area contributed by atoms with Crippen molar-refractivity contribution in [1.29, 1.82) is 0 Å². The second-order valence-corrected chi connectivity index (χ2v) is 4.38. The Bertz CT molecular complexity index is 239. The molecule has 0 saturated carbocycles. The molecule has 1 aliphatic heterocycles. The first-order chi connectivity index (χ1) is 8.31. The van der Waals surface area contributed by atoms with Crippen LogP contribution in [0.25, 0.3) is 0 Å². The fraction of sp³-hybridized carbons (Fsp3) is 0.917. The summed E-state index contributed by atoms with van der Waals surface area (Å²) in [5.41, 5.74) is 0. The van der Waals surface area contributed by atoms with Crippen molar-refractivity contribution in [3.63, 3.8) is 0 Å². The predicted molar refractivity (Wildman–Crippen MR) is 84.8 cm³/mol. The summed E-state index contributed by atoms with van der Waals surface area (Å²) in [6.45, 7) is 4.65. The molecule has 1 N–H and O–H groups in total. The smallest absolute Gasteiger partial charge is 0.193 e. The Balaban J connectivity index is 0.00000289. The van der Waals surface area contributed by atoms with Gasteiger partial charge < -0.3 is 19.7 Å². The molecule has 0 aliphatic carbocycles. The largest absolute Gasteiger partial charge is 0.385 e. The van der Waals surface area contributed by atoms with E-state index >= 15 is 0 Å². The molecule has 0 aromatic rings. The van der Waals surface area contributed by atoms with Gasteiger partial charge in [-0.1, -0.05) is 0 Å². The second-order valence-electron chi connectivity index (χ2n) is 4.38. The molecule has 6 heteroatoms. The highest BCUT2D eigenvalue weighted by Gasteiger charge is 2.24. The van der Waals surface area contributed by atoms with Crippen LogP contribution in [0.15, 0.2) is 4.99 Å². The van der Waals surface area contributed by atoms with E-state index in [-0.39, 0.29) is 24.0 Å². The Morgan fingerprint density at radius 2 is 2.17 bits per heavy atom. The summed E-state index contributed by atoms with van der Waals surface area (Å²) >= 11 is 0. The maximum Gasteiger partial charge on any atom is 0.193 e. The lowest BCUT2D eigenvalue weighted by Crippen LogP contribution is -2.40. The SMILES string of the molecule is CN=C(NCCCOC)N1CCC(COC)C1.I. The fourth-order valence-electron chi connectivity index (χ4n) is 2.15. The average Bonchev–Trinajstić information content (AvgIpc) is 2.78. The van der Waals surface area contributed by atoms with Crippen molar-refractivity contribution in [2.24, 2.45) is 10.9 Å². The summed E-state index contributed by atoms with van der Waals surface area (Å²) in [5.74, 6) is 1.64. The van der Waals surface area contributed by atoms with Gasteiger partial charge in [-0.05, 0) is 12.8 Å². The van der Waals surface area contributed by atoms with E-state index in [0.29, 0.717) is 5.92 Å². The van der Waals surface area contributed by atoms with Crippen molar-refractivity contribution < 1.29 is 9.47 Å². The van der Waals surface area contributed by atoms with Crippen LogP contribution in [-0.4, -0.2) is 65.0 Å². The van der Waals surface area contributed by atoms with Crippen LogP contribution in [0.1, 0.15) is 12.8 Å².